The van der Waals surface area contributed by atoms with Crippen molar-refractivity contribution in [2.45, 2.75) is 19.4 Å². The highest BCUT2D eigenvalue weighted by molar-refractivity contribution is 5.49. The van der Waals surface area contributed by atoms with E-state index in [-0.39, 0.29) is 5.54 Å². The van der Waals surface area contributed by atoms with E-state index in [4.69, 9.17) is 11.0 Å². The average molecular weight is 191 g/mol. The summed E-state index contributed by atoms with van der Waals surface area (Å²) in [5.74, 6) is 0.529. The second-order valence-electron chi connectivity index (χ2n) is 3.74. The largest absolute Gasteiger partial charge is 0.367 e. The maximum absolute atomic E-state index is 8.75. The fraction of sp³-hybridized carbons (Fsp3) is 0.444. The zero-order chi connectivity index (χ0) is 10.6. The maximum atomic E-state index is 8.75. The third-order valence-electron chi connectivity index (χ3n) is 1.54. The van der Waals surface area contributed by atoms with Gasteiger partial charge in [-0.3, -0.25) is 0 Å². The number of anilines is 1. The third-order valence-corrected chi connectivity index (χ3v) is 1.54. The lowest BCUT2D eigenvalue weighted by atomic mass is 10.1. The lowest BCUT2D eigenvalue weighted by Crippen LogP contribution is -2.39. The van der Waals surface area contributed by atoms with Crippen molar-refractivity contribution in [1.82, 2.24) is 9.97 Å². The molecular formula is C9H13N5. The molecule has 0 amide bonds. The van der Waals surface area contributed by atoms with Gasteiger partial charge in [-0.15, -0.1) is 0 Å². The van der Waals surface area contributed by atoms with Gasteiger partial charge in [0.2, 0.25) is 0 Å². The lowest BCUT2D eigenvalue weighted by Gasteiger charge is -2.19. The van der Waals surface area contributed by atoms with Gasteiger partial charge >= 0.3 is 0 Å². The number of aromatic nitrogens is 2. The first kappa shape index (κ1) is 10.4. The molecule has 0 atom stereocenters. The third kappa shape index (κ3) is 2.99. The molecule has 0 aliphatic rings. The zero-order valence-electron chi connectivity index (χ0n) is 8.28. The molecule has 1 rings (SSSR count). The van der Waals surface area contributed by atoms with Gasteiger partial charge in [-0.25, -0.2) is 9.97 Å². The van der Waals surface area contributed by atoms with Gasteiger partial charge in [0, 0.05) is 12.1 Å². The monoisotopic (exact) mass is 191 g/mol. The highest BCUT2D eigenvalue weighted by Gasteiger charge is 2.11. The van der Waals surface area contributed by atoms with Gasteiger partial charge in [0.15, 0.2) is 0 Å². The van der Waals surface area contributed by atoms with Crippen molar-refractivity contribution in [3.8, 4) is 6.07 Å². The van der Waals surface area contributed by atoms with E-state index in [2.05, 4.69) is 15.3 Å². The molecule has 0 saturated heterocycles. The minimum atomic E-state index is -0.336. The van der Waals surface area contributed by atoms with E-state index < -0.39 is 0 Å². The summed E-state index contributed by atoms with van der Waals surface area (Å²) in [5, 5.41) is 11.8. The van der Waals surface area contributed by atoms with Gasteiger partial charge in [0.05, 0.1) is 6.20 Å². The first-order valence-electron chi connectivity index (χ1n) is 4.26. The molecule has 14 heavy (non-hydrogen) atoms. The number of hydrogen-bond donors (Lipinski definition) is 2. The summed E-state index contributed by atoms with van der Waals surface area (Å²) < 4.78 is 0. The van der Waals surface area contributed by atoms with Gasteiger partial charge in [-0.2, -0.15) is 5.26 Å². The summed E-state index contributed by atoms with van der Waals surface area (Å²) in [6.07, 6.45) is 2.87. The first-order chi connectivity index (χ1) is 6.53. The Labute approximate surface area is 83.0 Å². The second kappa shape index (κ2) is 4.03. The molecule has 0 aliphatic carbocycles. The minimum Gasteiger partial charge on any atom is -0.367 e. The van der Waals surface area contributed by atoms with Crippen LogP contribution in [0.3, 0.4) is 0 Å². The van der Waals surface area contributed by atoms with Gasteiger partial charge in [0.1, 0.15) is 23.8 Å². The molecule has 0 unspecified atom stereocenters. The standard InChI is InChI=1S/C9H13N5/c1-9(2,11)5-13-8-7(3-10)4-12-6-14-8/h4,6H,5,11H2,1-2H3,(H,12,13,14). The molecule has 5 nitrogen and oxygen atoms in total. The molecule has 0 radical (unpaired) electrons. The predicted octanol–water partition coefficient (Wildman–Crippen LogP) is 0.497. The zero-order valence-corrected chi connectivity index (χ0v) is 8.28. The molecular weight excluding hydrogens is 178 g/mol. The Morgan fingerprint density at radius 1 is 1.64 bits per heavy atom. The quantitative estimate of drug-likeness (QED) is 0.726. The van der Waals surface area contributed by atoms with E-state index >= 15 is 0 Å². The number of nitrogens with two attached hydrogens (primary N) is 1. The van der Waals surface area contributed by atoms with Crippen molar-refractivity contribution in [2.24, 2.45) is 5.73 Å². The number of rotatable bonds is 3. The molecule has 0 saturated carbocycles. The summed E-state index contributed by atoms with van der Waals surface area (Å²) in [7, 11) is 0. The van der Waals surface area contributed by atoms with Gasteiger partial charge in [-0.05, 0) is 13.8 Å². The van der Waals surface area contributed by atoms with Crippen LogP contribution in [-0.2, 0) is 0 Å². The van der Waals surface area contributed by atoms with E-state index in [1.807, 2.05) is 19.9 Å². The van der Waals surface area contributed by atoms with Crippen LogP contribution in [-0.4, -0.2) is 22.1 Å². The number of nitrogens with one attached hydrogen (secondary N) is 1. The van der Waals surface area contributed by atoms with E-state index in [1.165, 1.54) is 12.5 Å². The van der Waals surface area contributed by atoms with Crippen molar-refractivity contribution in [2.75, 3.05) is 11.9 Å². The topological polar surface area (TPSA) is 87.6 Å². The fourth-order valence-corrected chi connectivity index (χ4v) is 0.864. The maximum Gasteiger partial charge on any atom is 0.147 e. The van der Waals surface area contributed by atoms with Crippen molar-refractivity contribution >= 4 is 5.82 Å². The van der Waals surface area contributed by atoms with Crippen LogP contribution in [0.5, 0.6) is 0 Å². The van der Waals surface area contributed by atoms with Gasteiger partial charge < -0.3 is 11.1 Å². The van der Waals surface area contributed by atoms with E-state index in [0.717, 1.165) is 0 Å². The van der Waals surface area contributed by atoms with Crippen molar-refractivity contribution in [3.05, 3.63) is 18.1 Å². The molecule has 0 fully saturated rings. The van der Waals surface area contributed by atoms with Crippen LogP contribution >= 0.6 is 0 Å². The Bertz CT molecular complexity index is 347. The Kier molecular flexibility index (Phi) is 2.99. The Morgan fingerprint density at radius 3 is 2.93 bits per heavy atom. The van der Waals surface area contributed by atoms with Crippen molar-refractivity contribution in [3.63, 3.8) is 0 Å². The number of hydrogen-bond acceptors (Lipinski definition) is 5. The number of nitriles is 1. The summed E-state index contributed by atoms with van der Waals surface area (Å²) in [5.41, 5.74) is 5.88. The molecule has 1 aromatic heterocycles. The van der Waals surface area contributed by atoms with Crippen molar-refractivity contribution < 1.29 is 0 Å². The molecule has 0 spiro atoms. The molecule has 0 aliphatic heterocycles. The molecule has 5 heteroatoms. The van der Waals surface area contributed by atoms with Crippen LogP contribution in [0.25, 0.3) is 0 Å². The van der Waals surface area contributed by atoms with Crippen LogP contribution < -0.4 is 11.1 Å². The highest BCUT2D eigenvalue weighted by Crippen LogP contribution is 2.09. The van der Waals surface area contributed by atoms with Gasteiger partial charge in [-0.1, -0.05) is 0 Å². The first-order valence-corrected chi connectivity index (χ1v) is 4.26. The number of nitrogens with zero attached hydrogens (tertiary/aromatic N) is 3. The molecule has 1 heterocycles. The fourth-order valence-electron chi connectivity index (χ4n) is 0.864. The van der Waals surface area contributed by atoms with E-state index in [0.29, 0.717) is 17.9 Å². The minimum absolute atomic E-state index is 0.336. The summed E-state index contributed by atoms with van der Waals surface area (Å²) in [6.45, 7) is 4.35. The average Bonchev–Trinajstić information content (AvgIpc) is 2.14. The SMILES string of the molecule is CC(C)(N)CNc1ncncc1C#N. The lowest BCUT2D eigenvalue weighted by molar-refractivity contribution is 0.548. The highest BCUT2D eigenvalue weighted by atomic mass is 15.0. The smallest absolute Gasteiger partial charge is 0.147 e. The Balaban J connectivity index is 2.73. The second-order valence-corrected chi connectivity index (χ2v) is 3.74. The van der Waals surface area contributed by atoms with E-state index in [9.17, 15) is 0 Å². The van der Waals surface area contributed by atoms with Crippen LogP contribution in [0.2, 0.25) is 0 Å². The molecule has 3 N–H and O–H groups in total. The van der Waals surface area contributed by atoms with Gasteiger partial charge in [0.25, 0.3) is 0 Å². The van der Waals surface area contributed by atoms with Crippen LogP contribution in [0.1, 0.15) is 19.4 Å². The predicted molar refractivity (Wildman–Crippen MR) is 53.5 cm³/mol. The normalized spacial score (nSPS) is 10.7. The molecule has 1 aromatic rings. The molecule has 74 valence electrons. The summed E-state index contributed by atoms with van der Waals surface area (Å²) >= 11 is 0. The molecule has 0 aromatic carbocycles. The van der Waals surface area contributed by atoms with E-state index in [1.54, 1.807) is 0 Å². The summed E-state index contributed by atoms with van der Waals surface area (Å²) in [4.78, 5) is 7.71. The van der Waals surface area contributed by atoms with Crippen molar-refractivity contribution in [1.29, 1.82) is 5.26 Å². The Hall–Kier alpha value is -1.67. The van der Waals surface area contributed by atoms with Crippen LogP contribution in [0, 0.1) is 11.3 Å². The summed E-state index contributed by atoms with van der Waals surface area (Å²) in [6, 6.07) is 2.00. The van der Waals surface area contributed by atoms with Crippen LogP contribution in [0.4, 0.5) is 5.82 Å². The Morgan fingerprint density at radius 2 is 2.36 bits per heavy atom. The van der Waals surface area contributed by atoms with Crippen LogP contribution in [0.15, 0.2) is 12.5 Å². The molecule has 0 bridgehead atoms.